The van der Waals surface area contributed by atoms with Gasteiger partial charge in [-0.2, -0.15) is 0 Å². The Morgan fingerprint density at radius 2 is 2.00 bits per heavy atom. The molecule has 204 valence electrons. The lowest BCUT2D eigenvalue weighted by Crippen LogP contribution is -2.42. The van der Waals surface area contributed by atoms with E-state index in [-0.39, 0.29) is 11.9 Å². The van der Waals surface area contributed by atoms with E-state index in [0.717, 1.165) is 53.0 Å². The quantitative estimate of drug-likeness (QED) is 0.225. The molecule has 1 saturated heterocycles. The van der Waals surface area contributed by atoms with Crippen molar-refractivity contribution in [3.8, 4) is 23.3 Å². The van der Waals surface area contributed by atoms with Crippen molar-refractivity contribution in [2.45, 2.75) is 32.2 Å². The summed E-state index contributed by atoms with van der Waals surface area (Å²) < 4.78 is 8.14. The van der Waals surface area contributed by atoms with Crippen molar-refractivity contribution in [3.63, 3.8) is 0 Å². The number of piperidine rings is 1. The molecule has 3 aromatic heterocycles. The van der Waals surface area contributed by atoms with Gasteiger partial charge in [-0.25, -0.2) is 19.9 Å². The SMILES string of the molecule is C=CC(=O)N1CCCCC1C#Cc1ccc2ncnc(Nc3ccc(Oc4ccc5c(c4)ncn5C)c(C)c3)c2n1. The molecule has 41 heavy (non-hydrogen) atoms. The van der Waals surface area contributed by atoms with E-state index in [2.05, 4.69) is 38.7 Å². The summed E-state index contributed by atoms with van der Waals surface area (Å²) >= 11 is 0. The number of rotatable bonds is 5. The first-order chi connectivity index (χ1) is 20.0. The Morgan fingerprint density at radius 1 is 1.10 bits per heavy atom. The lowest BCUT2D eigenvalue weighted by Gasteiger charge is -2.31. The van der Waals surface area contributed by atoms with Crippen molar-refractivity contribution in [2.75, 3.05) is 11.9 Å². The number of amides is 1. The van der Waals surface area contributed by atoms with Gasteiger partial charge < -0.3 is 19.5 Å². The minimum atomic E-state index is -0.147. The lowest BCUT2D eigenvalue weighted by atomic mass is 10.0. The van der Waals surface area contributed by atoms with E-state index in [0.29, 0.717) is 29.1 Å². The van der Waals surface area contributed by atoms with Gasteiger partial charge in [-0.3, -0.25) is 4.79 Å². The molecule has 1 aliphatic rings. The number of pyridine rings is 1. The van der Waals surface area contributed by atoms with E-state index in [1.54, 1.807) is 11.2 Å². The number of carbonyl (C=O) groups is 1. The van der Waals surface area contributed by atoms with E-state index in [4.69, 9.17) is 9.72 Å². The summed E-state index contributed by atoms with van der Waals surface area (Å²) in [4.78, 5) is 32.0. The van der Waals surface area contributed by atoms with Crippen molar-refractivity contribution in [1.29, 1.82) is 0 Å². The largest absolute Gasteiger partial charge is 0.457 e. The molecule has 0 spiro atoms. The molecule has 1 N–H and O–H groups in total. The highest BCUT2D eigenvalue weighted by Crippen LogP contribution is 2.31. The van der Waals surface area contributed by atoms with Crippen LogP contribution in [-0.4, -0.2) is 47.9 Å². The van der Waals surface area contributed by atoms with Gasteiger partial charge in [-0.05, 0) is 86.2 Å². The van der Waals surface area contributed by atoms with Crippen LogP contribution in [0.4, 0.5) is 11.5 Å². The summed E-state index contributed by atoms with van der Waals surface area (Å²) in [5.74, 6) is 8.38. The molecule has 1 unspecified atom stereocenters. The summed E-state index contributed by atoms with van der Waals surface area (Å²) in [7, 11) is 1.97. The Morgan fingerprint density at radius 3 is 2.85 bits per heavy atom. The third-order valence-electron chi connectivity index (χ3n) is 7.17. The van der Waals surface area contributed by atoms with Gasteiger partial charge in [0.1, 0.15) is 29.0 Å². The Labute approximate surface area is 237 Å². The van der Waals surface area contributed by atoms with Gasteiger partial charge in [0.15, 0.2) is 5.82 Å². The number of likely N-dealkylation sites (tertiary alicyclic amines) is 1. The maximum Gasteiger partial charge on any atom is 0.246 e. The third kappa shape index (κ3) is 5.45. The predicted molar refractivity (Wildman–Crippen MR) is 159 cm³/mol. The van der Waals surface area contributed by atoms with Crippen LogP contribution in [0, 0.1) is 18.8 Å². The van der Waals surface area contributed by atoms with Crippen LogP contribution in [-0.2, 0) is 11.8 Å². The minimum absolute atomic E-state index is 0.0867. The molecular formula is C32H29N7O2. The van der Waals surface area contributed by atoms with Crippen LogP contribution < -0.4 is 10.1 Å². The molecule has 2 aromatic carbocycles. The van der Waals surface area contributed by atoms with Crippen LogP contribution in [0.1, 0.15) is 30.5 Å². The fourth-order valence-electron chi connectivity index (χ4n) is 5.01. The summed E-state index contributed by atoms with van der Waals surface area (Å²) in [6, 6.07) is 15.3. The van der Waals surface area contributed by atoms with Gasteiger partial charge in [-0.15, -0.1) is 0 Å². The first kappa shape index (κ1) is 26.0. The van der Waals surface area contributed by atoms with E-state index in [1.165, 1.54) is 12.4 Å². The predicted octanol–water partition coefficient (Wildman–Crippen LogP) is 5.67. The summed E-state index contributed by atoms with van der Waals surface area (Å²) in [5.41, 5.74) is 5.65. The van der Waals surface area contributed by atoms with Crippen LogP contribution in [0.15, 0.2) is 73.8 Å². The Hall–Kier alpha value is -5.23. The second kappa shape index (κ2) is 11.1. The van der Waals surface area contributed by atoms with Gasteiger partial charge in [-0.1, -0.05) is 12.5 Å². The van der Waals surface area contributed by atoms with Crippen LogP contribution in [0.2, 0.25) is 0 Å². The van der Waals surface area contributed by atoms with Crippen LogP contribution in [0.3, 0.4) is 0 Å². The summed E-state index contributed by atoms with van der Waals surface area (Å²) in [5, 5.41) is 3.37. The van der Waals surface area contributed by atoms with Crippen molar-refractivity contribution in [1.82, 2.24) is 29.4 Å². The average molecular weight is 544 g/mol. The van der Waals surface area contributed by atoms with E-state index in [9.17, 15) is 4.79 Å². The maximum atomic E-state index is 12.3. The molecule has 1 aliphatic heterocycles. The number of anilines is 2. The van der Waals surface area contributed by atoms with E-state index >= 15 is 0 Å². The molecule has 1 fully saturated rings. The first-order valence-electron chi connectivity index (χ1n) is 13.5. The highest BCUT2D eigenvalue weighted by atomic mass is 16.5. The average Bonchev–Trinajstić information content (AvgIpc) is 3.37. The number of benzene rings is 2. The summed E-state index contributed by atoms with van der Waals surface area (Å²) in [6.07, 6.45) is 7.51. The Bertz CT molecular complexity index is 1850. The number of carbonyl (C=O) groups excluding carboxylic acids is 1. The second-order valence-corrected chi connectivity index (χ2v) is 10.0. The molecule has 0 bridgehead atoms. The fraction of sp³-hybridized carbons (Fsp3) is 0.219. The van der Waals surface area contributed by atoms with Crippen molar-refractivity contribution >= 4 is 39.5 Å². The van der Waals surface area contributed by atoms with Gasteiger partial charge in [0.05, 0.1) is 28.9 Å². The first-order valence-corrected chi connectivity index (χ1v) is 13.5. The van der Waals surface area contributed by atoms with Gasteiger partial charge in [0.2, 0.25) is 5.91 Å². The second-order valence-electron chi connectivity index (χ2n) is 10.0. The molecule has 9 nitrogen and oxygen atoms in total. The standard InChI is InChI=1S/C32H29N7O2/c1-4-30(40)39-16-6-5-7-24(39)11-8-22-9-13-26-31(36-22)32(34-19-33-26)37-23-10-15-29(21(2)17-23)41-25-12-14-28-27(18-25)35-20-38(28)3/h4,9-10,12-15,17-20,24H,1,5-7,16H2,2-3H3,(H,33,34,37). The molecule has 0 saturated carbocycles. The van der Waals surface area contributed by atoms with Crippen molar-refractivity contribution in [2.24, 2.45) is 7.05 Å². The van der Waals surface area contributed by atoms with E-state index in [1.807, 2.05) is 67.1 Å². The molecule has 9 heteroatoms. The summed E-state index contributed by atoms with van der Waals surface area (Å²) in [6.45, 7) is 6.31. The monoisotopic (exact) mass is 543 g/mol. The van der Waals surface area contributed by atoms with Crippen LogP contribution in [0.5, 0.6) is 11.5 Å². The Kier molecular flexibility index (Phi) is 7.04. The molecule has 0 radical (unpaired) electrons. The van der Waals surface area contributed by atoms with Crippen LogP contribution in [0.25, 0.3) is 22.1 Å². The number of fused-ring (bicyclic) bond motifs is 2. The zero-order chi connectivity index (χ0) is 28.3. The fourth-order valence-corrected chi connectivity index (χ4v) is 5.01. The highest BCUT2D eigenvalue weighted by molar-refractivity contribution is 5.88. The zero-order valence-corrected chi connectivity index (χ0v) is 23.0. The smallest absolute Gasteiger partial charge is 0.246 e. The number of hydrogen-bond donors (Lipinski definition) is 1. The number of aryl methyl sites for hydroxylation is 2. The number of ether oxygens (including phenoxy) is 1. The third-order valence-corrected chi connectivity index (χ3v) is 7.17. The lowest BCUT2D eigenvalue weighted by molar-refractivity contribution is -0.128. The molecule has 1 amide bonds. The van der Waals surface area contributed by atoms with Gasteiger partial charge >= 0.3 is 0 Å². The van der Waals surface area contributed by atoms with Crippen LogP contribution >= 0.6 is 0 Å². The highest BCUT2D eigenvalue weighted by Gasteiger charge is 2.23. The number of nitrogens with zero attached hydrogens (tertiary/aromatic N) is 6. The normalized spacial score (nSPS) is 14.9. The van der Waals surface area contributed by atoms with Gasteiger partial charge in [0, 0.05) is 25.3 Å². The number of aromatic nitrogens is 5. The topological polar surface area (TPSA) is 98.1 Å². The van der Waals surface area contributed by atoms with Crippen molar-refractivity contribution < 1.29 is 9.53 Å². The molecule has 4 heterocycles. The molecule has 0 aliphatic carbocycles. The van der Waals surface area contributed by atoms with Gasteiger partial charge in [0.25, 0.3) is 0 Å². The maximum absolute atomic E-state index is 12.3. The molecule has 6 rings (SSSR count). The molecular weight excluding hydrogens is 514 g/mol. The zero-order valence-electron chi connectivity index (χ0n) is 23.0. The van der Waals surface area contributed by atoms with E-state index < -0.39 is 0 Å². The number of hydrogen-bond acceptors (Lipinski definition) is 7. The number of imidazole rings is 1. The molecule has 1 atom stereocenters. The number of nitrogens with one attached hydrogen (secondary N) is 1. The minimum Gasteiger partial charge on any atom is -0.457 e. The Balaban J connectivity index is 1.22. The molecule has 5 aromatic rings. The van der Waals surface area contributed by atoms with Crippen molar-refractivity contribution in [3.05, 3.63) is 85.1 Å².